The predicted octanol–water partition coefficient (Wildman–Crippen LogP) is 0.946. The lowest BCUT2D eigenvalue weighted by Gasteiger charge is -2.34. The Labute approximate surface area is 127 Å². The molecule has 1 amide bonds. The molecule has 0 saturated heterocycles. The molecular formula is C14H18N2O4S. The smallest absolute Gasteiger partial charge is 0.346 e. The molecule has 1 heterocycles. The highest BCUT2D eigenvalue weighted by molar-refractivity contribution is 7.98. The number of para-hydroxylation sites is 2. The summed E-state index contributed by atoms with van der Waals surface area (Å²) >= 11 is 1.62. The van der Waals surface area contributed by atoms with E-state index in [2.05, 4.69) is 0 Å². The van der Waals surface area contributed by atoms with Gasteiger partial charge >= 0.3 is 5.97 Å². The third kappa shape index (κ3) is 3.48. The van der Waals surface area contributed by atoms with E-state index < -0.39 is 18.1 Å². The molecule has 1 aliphatic rings. The summed E-state index contributed by atoms with van der Waals surface area (Å²) in [5.74, 6) is -0.200. The molecule has 0 aliphatic carbocycles. The van der Waals surface area contributed by atoms with Crippen molar-refractivity contribution in [3.63, 3.8) is 0 Å². The maximum absolute atomic E-state index is 12.5. The molecule has 0 bridgehead atoms. The number of amides is 1. The molecule has 1 aliphatic heterocycles. The fraction of sp³-hybridized carbons (Fsp3) is 0.429. The standard InChI is InChI=1S/C14H18N2O4S/c1-21-7-6-9(15)13(17)16-8-12(14(18)19)20-11-5-3-2-4-10(11)16/h2-5,9,12H,6-8,15H2,1H3,(H,18,19)/t9-,12?/m0/s1. The molecule has 2 atom stereocenters. The van der Waals surface area contributed by atoms with Gasteiger partial charge in [0.2, 0.25) is 12.0 Å². The summed E-state index contributed by atoms with van der Waals surface area (Å²) in [6, 6.07) is 6.25. The summed E-state index contributed by atoms with van der Waals surface area (Å²) in [6.45, 7) is -0.0296. The zero-order chi connectivity index (χ0) is 15.4. The number of hydrogen-bond acceptors (Lipinski definition) is 5. The molecule has 0 radical (unpaired) electrons. The number of aliphatic carboxylic acids is 1. The zero-order valence-corrected chi connectivity index (χ0v) is 12.5. The minimum atomic E-state index is -1.10. The first-order valence-corrected chi connectivity index (χ1v) is 7.98. The van der Waals surface area contributed by atoms with Gasteiger partial charge in [0, 0.05) is 0 Å². The van der Waals surface area contributed by atoms with Gasteiger partial charge in [0.15, 0.2) is 0 Å². The van der Waals surface area contributed by atoms with Crippen LogP contribution in [-0.2, 0) is 9.59 Å². The molecule has 114 valence electrons. The Kier molecular flexibility index (Phi) is 5.08. The van der Waals surface area contributed by atoms with Gasteiger partial charge in [-0.3, -0.25) is 4.79 Å². The highest BCUT2D eigenvalue weighted by Gasteiger charge is 2.35. The van der Waals surface area contributed by atoms with E-state index in [0.717, 1.165) is 5.75 Å². The van der Waals surface area contributed by atoms with E-state index in [9.17, 15) is 9.59 Å². The number of anilines is 1. The Morgan fingerprint density at radius 2 is 2.24 bits per heavy atom. The van der Waals surface area contributed by atoms with Gasteiger partial charge in [-0.25, -0.2) is 4.79 Å². The number of nitrogens with two attached hydrogens (primary N) is 1. The minimum absolute atomic E-state index is 0.0296. The van der Waals surface area contributed by atoms with Crippen LogP contribution in [0.3, 0.4) is 0 Å². The van der Waals surface area contributed by atoms with Crippen molar-refractivity contribution in [1.82, 2.24) is 0 Å². The van der Waals surface area contributed by atoms with Crippen LogP contribution in [0.15, 0.2) is 24.3 Å². The monoisotopic (exact) mass is 310 g/mol. The first kappa shape index (κ1) is 15.7. The number of ether oxygens (including phenoxy) is 1. The molecule has 6 nitrogen and oxygen atoms in total. The van der Waals surface area contributed by atoms with E-state index in [4.69, 9.17) is 15.6 Å². The molecule has 7 heteroatoms. The molecule has 0 saturated carbocycles. The lowest BCUT2D eigenvalue weighted by molar-refractivity contribution is -0.145. The lowest BCUT2D eigenvalue weighted by Crippen LogP contribution is -2.52. The number of benzene rings is 1. The van der Waals surface area contributed by atoms with Crippen LogP contribution in [0.4, 0.5) is 5.69 Å². The van der Waals surface area contributed by atoms with Gasteiger partial charge in [0.25, 0.3) is 0 Å². The second-order valence-electron chi connectivity index (χ2n) is 4.75. The number of fused-ring (bicyclic) bond motifs is 1. The summed E-state index contributed by atoms with van der Waals surface area (Å²) in [7, 11) is 0. The number of carbonyl (C=O) groups is 2. The Hall–Kier alpha value is -1.73. The third-order valence-corrected chi connectivity index (χ3v) is 3.91. The molecule has 1 aromatic carbocycles. The molecule has 1 aromatic rings. The zero-order valence-electron chi connectivity index (χ0n) is 11.7. The molecule has 2 rings (SSSR count). The Morgan fingerprint density at radius 3 is 2.90 bits per heavy atom. The maximum atomic E-state index is 12.5. The highest BCUT2D eigenvalue weighted by Crippen LogP contribution is 2.33. The van der Waals surface area contributed by atoms with Crippen LogP contribution < -0.4 is 15.4 Å². The van der Waals surface area contributed by atoms with E-state index in [0.29, 0.717) is 17.9 Å². The first-order valence-electron chi connectivity index (χ1n) is 6.59. The average Bonchev–Trinajstić information content (AvgIpc) is 2.50. The number of thioether (sulfide) groups is 1. The molecular weight excluding hydrogens is 292 g/mol. The van der Waals surface area contributed by atoms with Crippen LogP contribution >= 0.6 is 11.8 Å². The van der Waals surface area contributed by atoms with Crippen molar-refractivity contribution < 1.29 is 19.4 Å². The van der Waals surface area contributed by atoms with Crippen molar-refractivity contribution in [3.05, 3.63) is 24.3 Å². The first-order chi connectivity index (χ1) is 10.0. The third-order valence-electron chi connectivity index (χ3n) is 3.27. The van der Waals surface area contributed by atoms with Gasteiger partial charge in [-0.2, -0.15) is 11.8 Å². The van der Waals surface area contributed by atoms with Crippen molar-refractivity contribution in [2.24, 2.45) is 5.73 Å². The second kappa shape index (κ2) is 6.82. The van der Waals surface area contributed by atoms with Gasteiger partial charge in [-0.15, -0.1) is 0 Å². The van der Waals surface area contributed by atoms with E-state index in [1.807, 2.05) is 6.26 Å². The number of rotatable bonds is 5. The average molecular weight is 310 g/mol. The van der Waals surface area contributed by atoms with Crippen molar-refractivity contribution >= 4 is 29.3 Å². The topological polar surface area (TPSA) is 92.9 Å². The van der Waals surface area contributed by atoms with Crippen molar-refractivity contribution in [2.45, 2.75) is 18.6 Å². The Morgan fingerprint density at radius 1 is 1.52 bits per heavy atom. The normalized spacial score (nSPS) is 18.6. The highest BCUT2D eigenvalue weighted by atomic mass is 32.2. The van der Waals surface area contributed by atoms with E-state index in [-0.39, 0.29) is 12.5 Å². The number of nitrogens with zero attached hydrogens (tertiary/aromatic N) is 1. The van der Waals surface area contributed by atoms with Gasteiger partial charge in [-0.1, -0.05) is 12.1 Å². The molecule has 1 unspecified atom stereocenters. The van der Waals surface area contributed by atoms with Gasteiger partial charge in [-0.05, 0) is 30.6 Å². The van der Waals surface area contributed by atoms with Crippen LogP contribution in [0.1, 0.15) is 6.42 Å². The summed E-state index contributed by atoms with van der Waals surface area (Å²) < 4.78 is 5.40. The van der Waals surface area contributed by atoms with Crippen molar-refractivity contribution in [2.75, 3.05) is 23.5 Å². The van der Waals surface area contributed by atoms with Gasteiger partial charge < -0.3 is 20.5 Å². The molecule has 3 N–H and O–H groups in total. The lowest BCUT2D eigenvalue weighted by atomic mass is 10.1. The van der Waals surface area contributed by atoms with Crippen LogP contribution in [0.5, 0.6) is 5.75 Å². The Balaban J connectivity index is 2.24. The molecule has 21 heavy (non-hydrogen) atoms. The number of hydrogen-bond donors (Lipinski definition) is 2. The van der Waals surface area contributed by atoms with E-state index in [1.54, 1.807) is 36.0 Å². The van der Waals surface area contributed by atoms with Crippen LogP contribution in [0.25, 0.3) is 0 Å². The number of carboxylic acid groups (broad SMARTS) is 1. The minimum Gasteiger partial charge on any atom is -0.478 e. The summed E-state index contributed by atoms with van der Waals surface area (Å²) in [5.41, 5.74) is 6.49. The van der Waals surface area contributed by atoms with E-state index >= 15 is 0 Å². The second-order valence-corrected chi connectivity index (χ2v) is 5.73. The molecule has 0 aromatic heterocycles. The van der Waals surface area contributed by atoms with Crippen LogP contribution in [-0.4, -0.2) is 47.7 Å². The summed E-state index contributed by atoms with van der Waals surface area (Å²) in [4.78, 5) is 25.1. The predicted molar refractivity (Wildman–Crippen MR) is 81.8 cm³/mol. The fourth-order valence-corrected chi connectivity index (χ4v) is 2.63. The fourth-order valence-electron chi connectivity index (χ4n) is 2.14. The molecule has 0 spiro atoms. The van der Waals surface area contributed by atoms with Crippen molar-refractivity contribution in [3.8, 4) is 5.75 Å². The SMILES string of the molecule is CSCC[C@H](N)C(=O)N1CC(C(=O)O)Oc2ccccc21. The van der Waals surface area contributed by atoms with Crippen LogP contribution in [0, 0.1) is 0 Å². The summed E-state index contributed by atoms with van der Waals surface area (Å²) in [6.07, 6.45) is 1.43. The van der Waals surface area contributed by atoms with Gasteiger partial charge in [0.05, 0.1) is 18.3 Å². The molecule has 0 fully saturated rings. The van der Waals surface area contributed by atoms with Gasteiger partial charge in [0.1, 0.15) is 5.75 Å². The number of carboxylic acids is 1. The van der Waals surface area contributed by atoms with Crippen molar-refractivity contribution in [1.29, 1.82) is 0 Å². The number of carbonyl (C=O) groups excluding carboxylic acids is 1. The largest absolute Gasteiger partial charge is 0.478 e. The van der Waals surface area contributed by atoms with Crippen LogP contribution in [0.2, 0.25) is 0 Å². The Bertz CT molecular complexity index is 537. The quantitative estimate of drug-likeness (QED) is 0.841. The van der Waals surface area contributed by atoms with E-state index in [1.165, 1.54) is 4.90 Å². The summed E-state index contributed by atoms with van der Waals surface area (Å²) in [5, 5.41) is 9.15. The maximum Gasteiger partial charge on any atom is 0.346 e.